The monoisotopic (exact) mass is 494 g/mol. The Kier molecular flexibility index (Phi) is 9.69. The number of amides is 2. The van der Waals surface area contributed by atoms with Crippen molar-refractivity contribution in [2.75, 3.05) is 31.0 Å². The van der Waals surface area contributed by atoms with Gasteiger partial charge < -0.3 is 20.1 Å². The molecule has 0 saturated carbocycles. The molecule has 30 heavy (non-hydrogen) atoms. The van der Waals surface area contributed by atoms with E-state index in [4.69, 9.17) is 4.74 Å². The summed E-state index contributed by atoms with van der Waals surface area (Å²) in [6.07, 6.45) is 2.41. The summed E-state index contributed by atoms with van der Waals surface area (Å²) in [4.78, 5) is 36.7. The van der Waals surface area contributed by atoms with Gasteiger partial charge in [0.15, 0.2) is 6.61 Å². The largest absolute Gasteiger partial charge is 0.482 e. The van der Waals surface area contributed by atoms with Gasteiger partial charge in [-0.2, -0.15) is 11.8 Å². The van der Waals surface area contributed by atoms with Gasteiger partial charge in [0.1, 0.15) is 11.8 Å². The van der Waals surface area contributed by atoms with E-state index in [1.807, 2.05) is 12.3 Å². The second-order valence-corrected chi connectivity index (χ2v) is 8.01. The maximum atomic E-state index is 12.8. The molecule has 0 heterocycles. The van der Waals surface area contributed by atoms with Crippen LogP contribution < -0.4 is 15.4 Å². The number of thioether (sulfide) groups is 1. The summed E-state index contributed by atoms with van der Waals surface area (Å²) in [7, 11) is 1.28. The van der Waals surface area contributed by atoms with Gasteiger partial charge in [-0.15, -0.1) is 0 Å². The van der Waals surface area contributed by atoms with Crippen LogP contribution in [0, 0.1) is 0 Å². The molecule has 0 bridgehead atoms. The summed E-state index contributed by atoms with van der Waals surface area (Å²) >= 11 is 4.95. The molecular weight excluding hydrogens is 472 g/mol. The molecule has 2 aromatic carbocycles. The SMILES string of the molecule is COC(=O)COc1cccc(NC(=O)C(CCSC)NC(=O)c2ccccc2Br)c1. The number of ether oxygens (including phenoxy) is 2. The zero-order valence-corrected chi connectivity index (χ0v) is 19.0. The van der Waals surface area contributed by atoms with Crippen molar-refractivity contribution in [3.05, 3.63) is 58.6 Å². The van der Waals surface area contributed by atoms with Crippen LogP contribution in [-0.2, 0) is 14.3 Å². The molecular formula is C21H23BrN2O5S. The number of nitrogens with one attached hydrogen (secondary N) is 2. The average Bonchev–Trinajstić information content (AvgIpc) is 2.75. The van der Waals surface area contributed by atoms with Gasteiger partial charge in [0, 0.05) is 16.2 Å². The molecule has 2 N–H and O–H groups in total. The number of hydrogen-bond donors (Lipinski definition) is 2. The normalized spacial score (nSPS) is 11.3. The molecule has 1 unspecified atom stereocenters. The van der Waals surface area contributed by atoms with Gasteiger partial charge >= 0.3 is 5.97 Å². The Hall–Kier alpha value is -2.52. The Morgan fingerprint density at radius 1 is 1.13 bits per heavy atom. The highest BCUT2D eigenvalue weighted by Gasteiger charge is 2.22. The Morgan fingerprint density at radius 3 is 2.60 bits per heavy atom. The van der Waals surface area contributed by atoms with E-state index in [-0.39, 0.29) is 18.4 Å². The van der Waals surface area contributed by atoms with E-state index in [9.17, 15) is 14.4 Å². The van der Waals surface area contributed by atoms with Crippen molar-refractivity contribution in [3.8, 4) is 5.75 Å². The molecule has 0 aliphatic rings. The third-order valence-corrected chi connectivity index (χ3v) is 5.37. The van der Waals surface area contributed by atoms with Gasteiger partial charge in [-0.3, -0.25) is 9.59 Å². The number of esters is 1. The van der Waals surface area contributed by atoms with Crippen LogP contribution in [0.2, 0.25) is 0 Å². The van der Waals surface area contributed by atoms with Crippen LogP contribution in [-0.4, -0.2) is 49.6 Å². The number of carbonyl (C=O) groups is 3. The highest BCUT2D eigenvalue weighted by Crippen LogP contribution is 2.19. The molecule has 0 spiro atoms. The minimum absolute atomic E-state index is 0.230. The molecule has 9 heteroatoms. The van der Waals surface area contributed by atoms with E-state index in [0.29, 0.717) is 33.6 Å². The lowest BCUT2D eigenvalue weighted by Crippen LogP contribution is -2.44. The van der Waals surface area contributed by atoms with Crippen LogP contribution in [0.3, 0.4) is 0 Å². The quantitative estimate of drug-likeness (QED) is 0.491. The van der Waals surface area contributed by atoms with Crippen LogP contribution in [0.4, 0.5) is 5.69 Å². The predicted molar refractivity (Wildman–Crippen MR) is 121 cm³/mol. The molecule has 0 radical (unpaired) electrons. The summed E-state index contributed by atoms with van der Waals surface area (Å²) < 4.78 is 10.5. The van der Waals surface area contributed by atoms with Gasteiger partial charge in [-0.25, -0.2) is 4.79 Å². The standard InChI is InChI=1S/C21H23BrN2O5S/c1-28-19(25)13-29-15-7-5-6-14(12-15)23-21(27)18(10-11-30-2)24-20(26)16-8-3-4-9-17(16)22/h3-9,12,18H,10-11,13H2,1-2H3,(H,23,27)(H,24,26). The first-order valence-electron chi connectivity index (χ1n) is 9.09. The average molecular weight is 495 g/mol. The van der Waals surface area contributed by atoms with Crippen molar-refractivity contribution in [3.63, 3.8) is 0 Å². The van der Waals surface area contributed by atoms with E-state index in [0.717, 1.165) is 0 Å². The van der Waals surface area contributed by atoms with Crippen molar-refractivity contribution in [2.45, 2.75) is 12.5 Å². The molecule has 2 amide bonds. The molecule has 7 nitrogen and oxygen atoms in total. The van der Waals surface area contributed by atoms with Gasteiger partial charge in [0.05, 0.1) is 12.7 Å². The number of methoxy groups -OCH3 is 1. The molecule has 0 fully saturated rings. The highest BCUT2D eigenvalue weighted by molar-refractivity contribution is 9.10. The number of carbonyl (C=O) groups excluding carboxylic acids is 3. The maximum Gasteiger partial charge on any atom is 0.343 e. The molecule has 0 aliphatic carbocycles. The van der Waals surface area contributed by atoms with Crippen LogP contribution in [0.5, 0.6) is 5.75 Å². The zero-order chi connectivity index (χ0) is 21.9. The van der Waals surface area contributed by atoms with Crippen LogP contribution in [0.15, 0.2) is 53.0 Å². The van der Waals surface area contributed by atoms with Crippen molar-refractivity contribution < 1.29 is 23.9 Å². The maximum absolute atomic E-state index is 12.8. The van der Waals surface area contributed by atoms with Crippen molar-refractivity contribution in [1.82, 2.24) is 5.32 Å². The Balaban J connectivity index is 2.07. The fourth-order valence-corrected chi connectivity index (χ4v) is 3.42. The molecule has 2 rings (SSSR count). The lowest BCUT2D eigenvalue weighted by atomic mass is 10.1. The van der Waals surface area contributed by atoms with Crippen LogP contribution >= 0.6 is 27.7 Å². The summed E-state index contributed by atoms with van der Waals surface area (Å²) in [5.74, 6) is -0.0581. The molecule has 1 atom stereocenters. The first kappa shape index (κ1) is 23.8. The lowest BCUT2D eigenvalue weighted by molar-refractivity contribution is -0.142. The topological polar surface area (TPSA) is 93.7 Å². The lowest BCUT2D eigenvalue weighted by Gasteiger charge is -2.19. The minimum atomic E-state index is -0.711. The summed E-state index contributed by atoms with van der Waals surface area (Å²) in [5, 5.41) is 5.60. The van der Waals surface area contributed by atoms with E-state index >= 15 is 0 Å². The fraction of sp³-hybridized carbons (Fsp3) is 0.286. The summed E-state index contributed by atoms with van der Waals surface area (Å²) in [6, 6.07) is 13.0. The molecule has 2 aromatic rings. The van der Waals surface area contributed by atoms with Gasteiger partial charge in [-0.05, 0) is 58.6 Å². The van der Waals surface area contributed by atoms with E-state index in [1.54, 1.807) is 54.2 Å². The molecule has 0 aliphatic heterocycles. The van der Waals surface area contributed by atoms with Crippen molar-refractivity contribution >= 4 is 51.2 Å². The summed E-state index contributed by atoms with van der Waals surface area (Å²) in [5.41, 5.74) is 0.948. The van der Waals surface area contributed by atoms with Crippen LogP contribution in [0.1, 0.15) is 16.8 Å². The molecule has 160 valence electrons. The van der Waals surface area contributed by atoms with Gasteiger partial charge in [0.25, 0.3) is 5.91 Å². The third kappa shape index (κ3) is 7.38. The van der Waals surface area contributed by atoms with Crippen molar-refractivity contribution in [1.29, 1.82) is 0 Å². The minimum Gasteiger partial charge on any atom is -0.482 e. The zero-order valence-electron chi connectivity index (χ0n) is 16.6. The Bertz CT molecular complexity index is 893. The number of benzene rings is 2. The second kappa shape index (κ2) is 12.2. The second-order valence-electron chi connectivity index (χ2n) is 6.17. The number of rotatable bonds is 10. The third-order valence-electron chi connectivity index (χ3n) is 4.04. The summed E-state index contributed by atoms with van der Waals surface area (Å²) in [6.45, 7) is -0.230. The van der Waals surface area contributed by atoms with Crippen LogP contribution in [0.25, 0.3) is 0 Å². The molecule has 0 aromatic heterocycles. The number of halogens is 1. The van der Waals surface area contributed by atoms with Gasteiger partial charge in [0.2, 0.25) is 5.91 Å². The fourth-order valence-electron chi connectivity index (χ4n) is 2.48. The first-order chi connectivity index (χ1) is 14.4. The van der Waals surface area contributed by atoms with E-state index < -0.39 is 12.0 Å². The Labute approximate surface area is 188 Å². The number of anilines is 1. The first-order valence-corrected chi connectivity index (χ1v) is 11.3. The smallest absolute Gasteiger partial charge is 0.343 e. The van der Waals surface area contributed by atoms with Crippen molar-refractivity contribution in [2.24, 2.45) is 0 Å². The Morgan fingerprint density at radius 2 is 1.90 bits per heavy atom. The van der Waals surface area contributed by atoms with E-state index in [1.165, 1.54) is 7.11 Å². The van der Waals surface area contributed by atoms with E-state index in [2.05, 4.69) is 31.3 Å². The highest BCUT2D eigenvalue weighted by atomic mass is 79.9. The molecule has 0 saturated heterocycles. The predicted octanol–water partition coefficient (Wildman–Crippen LogP) is 3.49. The van der Waals surface area contributed by atoms with Gasteiger partial charge in [-0.1, -0.05) is 18.2 Å². The number of hydrogen-bond acceptors (Lipinski definition) is 6.